The third kappa shape index (κ3) is 5.23. The molecule has 6 nitrogen and oxygen atoms in total. The first-order valence-electron chi connectivity index (χ1n) is 9.35. The molecular formula is C20H23ClN2O4S. The lowest BCUT2D eigenvalue weighted by atomic mass is 9.94. The van der Waals surface area contributed by atoms with Crippen LogP contribution in [0.25, 0.3) is 0 Å². The van der Waals surface area contributed by atoms with Crippen molar-refractivity contribution in [2.24, 2.45) is 0 Å². The van der Waals surface area contributed by atoms with Crippen molar-refractivity contribution in [3.63, 3.8) is 0 Å². The van der Waals surface area contributed by atoms with Gasteiger partial charge in [-0.05, 0) is 31.9 Å². The fourth-order valence-corrected chi connectivity index (χ4v) is 4.19. The third-order valence-electron chi connectivity index (χ3n) is 4.64. The Hall–Kier alpha value is -2.12. The van der Waals surface area contributed by atoms with Gasteiger partial charge in [0, 0.05) is 17.6 Å². The molecule has 1 atom stereocenters. The van der Waals surface area contributed by atoms with Crippen molar-refractivity contribution in [3.8, 4) is 5.75 Å². The highest BCUT2D eigenvalue weighted by Crippen LogP contribution is 2.29. The van der Waals surface area contributed by atoms with Gasteiger partial charge < -0.3 is 9.47 Å². The van der Waals surface area contributed by atoms with Crippen molar-refractivity contribution >= 4 is 39.9 Å². The molecule has 1 aliphatic carbocycles. The second-order valence-corrected chi connectivity index (χ2v) is 7.95. The van der Waals surface area contributed by atoms with Crippen LogP contribution in [0.5, 0.6) is 5.75 Å². The van der Waals surface area contributed by atoms with Gasteiger partial charge in [0.1, 0.15) is 5.75 Å². The highest BCUT2D eigenvalue weighted by atomic mass is 35.5. The maximum absolute atomic E-state index is 13.1. The Balaban J connectivity index is 1.61. The molecule has 1 fully saturated rings. The Bertz CT molecular complexity index is 793. The number of aromatic nitrogens is 1. The normalized spacial score (nSPS) is 15.6. The Morgan fingerprint density at radius 3 is 2.71 bits per heavy atom. The lowest BCUT2D eigenvalue weighted by Gasteiger charge is -2.33. The molecule has 0 radical (unpaired) electrons. The van der Waals surface area contributed by atoms with Crippen LogP contribution in [0.1, 0.15) is 39.0 Å². The van der Waals surface area contributed by atoms with Crippen molar-refractivity contribution < 1.29 is 19.1 Å². The van der Waals surface area contributed by atoms with Gasteiger partial charge in [-0.15, -0.1) is 11.3 Å². The predicted octanol–water partition coefficient (Wildman–Crippen LogP) is 4.47. The van der Waals surface area contributed by atoms with Crippen molar-refractivity contribution in [1.29, 1.82) is 0 Å². The van der Waals surface area contributed by atoms with Crippen molar-refractivity contribution in [1.82, 2.24) is 4.98 Å². The van der Waals surface area contributed by atoms with Crippen LogP contribution in [0.15, 0.2) is 35.8 Å². The third-order valence-corrected chi connectivity index (χ3v) is 5.72. The second-order valence-electron chi connectivity index (χ2n) is 6.67. The smallest absolute Gasteiger partial charge is 0.344 e. The number of amides is 1. The maximum Gasteiger partial charge on any atom is 0.344 e. The number of halogens is 1. The molecule has 0 aliphatic heterocycles. The first-order chi connectivity index (χ1) is 13.6. The Morgan fingerprint density at radius 2 is 2.04 bits per heavy atom. The molecule has 150 valence electrons. The molecule has 0 saturated heterocycles. The largest absolute Gasteiger partial charge is 0.480 e. The zero-order chi connectivity index (χ0) is 19.9. The molecule has 1 aromatic carbocycles. The molecule has 2 aromatic rings. The Labute approximate surface area is 173 Å². The van der Waals surface area contributed by atoms with Gasteiger partial charge in [0.25, 0.3) is 5.91 Å². The van der Waals surface area contributed by atoms with Crippen LogP contribution in [0, 0.1) is 0 Å². The molecule has 1 amide bonds. The van der Waals surface area contributed by atoms with Gasteiger partial charge >= 0.3 is 5.97 Å². The van der Waals surface area contributed by atoms with Crippen LogP contribution in [-0.2, 0) is 14.3 Å². The van der Waals surface area contributed by atoms with Crippen molar-refractivity contribution in [2.45, 2.75) is 51.2 Å². The van der Waals surface area contributed by atoms with Gasteiger partial charge in [-0.2, -0.15) is 0 Å². The zero-order valence-corrected chi connectivity index (χ0v) is 17.2. The summed E-state index contributed by atoms with van der Waals surface area (Å²) in [5, 5.41) is 2.89. The van der Waals surface area contributed by atoms with Crippen LogP contribution in [0.4, 0.5) is 5.13 Å². The summed E-state index contributed by atoms with van der Waals surface area (Å²) in [6, 6.07) is 6.96. The van der Waals surface area contributed by atoms with Gasteiger partial charge in [-0.25, -0.2) is 9.78 Å². The minimum Gasteiger partial charge on any atom is -0.480 e. The van der Waals surface area contributed by atoms with Gasteiger partial charge in [-0.1, -0.05) is 43.0 Å². The molecule has 0 N–H and O–H groups in total. The molecule has 1 saturated carbocycles. The fourth-order valence-electron chi connectivity index (χ4n) is 3.28. The van der Waals surface area contributed by atoms with E-state index in [-0.39, 0.29) is 18.6 Å². The van der Waals surface area contributed by atoms with Crippen LogP contribution in [-0.4, -0.2) is 35.6 Å². The molecule has 1 unspecified atom stereocenters. The number of hydrogen-bond acceptors (Lipinski definition) is 6. The number of esters is 1. The molecule has 0 bridgehead atoms. The number of carbonyl (C=O) groups is 2. The van der Waals surface area contributed by atoms with Crippen LogP contribution < -0.4 is 9.64 Å². The minimum atomic E-state index is -0.923. The number of carbonyl (C=O) groups excluding carboxylic acids is 2. The summed E-state index contributed by atoms with van der Waals surface area (Å²) in [4.78, 5) is 31.2. The van der Waals surface area contributed by atoms with Gasteiger partial charge in [0.2, 0.25) is 0 Å². The average Bonchev–Trinajstić information content (AvgIpc) is 3.22. The van der Waals surface area contributed by atoms with Gasteiger partial charge in [0.05, 0.1) is 5.02 Å². The van der Waals surface area contributed by atoms with E-state index in [1.54, 1.807) is 42.3 Å². The molecular weight excluding hydrogens is 400 g/mol. The number of rotatable bonds is 7. The van der Waals surface area contributed by atoms with E-state index in [1.165, 1.54) is 17.8 Å². The van der Waals surface area contributed by atoms with Gasteiger partial charge in [0.15, 0.2) is 17.8 Å². The number of benzene rings is 1. The summed E-state index contributed by atoms with van der Waals surface area (Å²) in [7, 11) is 0. The summed E-state index contributed by atoms with van der Waals surface area (Å²) in [6.45, 7) is 1.27. The van der Waals surface area contributed by atoms with Crippen molar-refractivity contribution in [2.75, 3.05) is 11.5 Å². The molecule has 1 aromatic heterocycles. The van der Waals surface area contributed by atoms with E-state index in [1.807, 2.05) is 5.38 Å². The highest BCUT2D eigenvalue weighted by molar-refractivity contribution is 7.13. The summed E-state index contributed by atoms with van der Waals surface area (Å²) < 4.78 is 10.7. The van der Waals surface area contributed by atoms with E-state index in [2.05, 4.69) is 4.98 Å². The second kappa shape index (κ2) is 9.89. The average molecular weight is 423 g/mol. The van der Waals surface area contributed by atoms with E-state index in [0.717, 1.165) is 25.7 Å². The molecule has 8 heteroatoms. The SMILES string of the molecule is CC(OC(=O)COc1ccccc1Cl)C(=O)N(c1nccs1)C1CCCCC1. The summed E-state index contributed by atoms with van der Waals surface area (Å²) in [5.74, 6) is -0.483. The molecule has 28 heavy (non-hydrogen) atoms. The highest BCUT2D eigenvalue weighted by Gasteiger charge is 2.33. The lowest BCUT2D eigenvalue weighted by molar-refractivity contribution is -0.156. The number of anilines is 1. The maximum atomic E-state index is 13.1. The summed E-state index contributed by atoms with van der Waals surface area (Å²) in [6.07, 6.45) is 5.97. The predicted molar refractivity (Wildman–Crippen MR) is 109 cm³/mol. The minimum absolute atomic E-state index is 0.0907. The van der Waals surface area contributed by atoms with E-state index in [0.29, 0.717) is 15.9 Å². The number of para-hydroxylation sites is 1. The van der Waals surface area contributed by atoms with Crippen LogP contribution >= 0.6 is 22.9 Å². The van der Waals surface area contributed by atoms with Crippen molar-refractivity contribution in [3.05, 3.63) is 40.9 Å². The molecule has 0 spiro atoms. The molecule has 1 aliphatic rings. The molecule has 3 rings (SSSR count). The van der Waals surface area contributed by atoms with E-state index >= 15 is 0 Å². The summed E-state index contributed by atoms with van der Waals surface area (Å²) >= 11 is 7.42. The number of hydrogen-bond donors (Lipinski definition) is 0. The lowest BCUT2D eigenvalue weighted by Crippen LogP contribution is -2.47. The number of nitrogens with zero attached hydrogens (tertiary/aromatic N) is 2. The summed E-state index contributed by atoms with van der Waals surface area (Å²) in [5.41, 5.74) is 0. The number of ether oxygens (including phenoxy) is 2. The Kier molecular flexibility index (Phi) is 7.28. The molecule has 1 heterocycles. The van der Waals surface area contributed by atoms with Crippen LogP contribution in [0.3, 0.4) is 0 Å². The standard InChI is InChI=1S/C20H23ClN2O4S/c1-14(27-18(24)13-26-17-10-6-5-9-16(17)21)19(25)23(20-22-11-12-28-20)15-7-3-2-4-8-15/h5-6,9-12,14-15H,2-4,7-8,13H2,1H3. The first kappa shape index (κ1) is 20.6. The van der Waals surface area contributed by atoms with Crippen LogP contribution in [0.2, 0.25) is 5.02 Å². The fraction of sp³-hybridized carbons (Fsp3) is 0.450. The quantitative estimate of drug-likeness (QED) is 0.615. The number of thiazole rings is 1. The topological polar surface area (TPSA) is 68.7 Å². The van der Waals surface area contributed by atoms with E-state index in [4.69, 9.17) is 21.1 Å². The van der Waals surface area contributed by atoms with Gasteiger partial charge in [-0.3, -0.25) is 9.69 Å². The zero-order valence-electron chi connectivity index (χ0n) is 15.7. The van der Waals surface area contributed by atoms with E-state index in [9.17, 15) is 9.59 Å². The Morgan fingerprint density at radius 1 is 1.29 bits per heavy atom. The first-order valence-corrected chi connectivity index (χ1v) is 10.6. The van der Waals surface area contributed by atoms with E-state index < -0.39 is 12.1 Å². The monoisotopic (exact) mass is 422 g/mol.